The molecule has 12 heteroatoms. The molecule has 2 N–H and O–H groups in total. The van der Waals surface area contributed by atoms with Crippen LogP contribution in [0, 0.1) is 11.6 Å². The molecule has 2 aromatic rings. The topological polar surface area (TPSA) is 119 Å². The van der Waals surface area contributed by atoms with Gasteiger partial charge in [-0.25, -0.2) is 22.0 Å². The molecule has 3 rings (SSSR count). The van der Waals surface area contributed by atoms with Crippen LogP contribution >= 0.6 is 0 Å². The molecule has 1 aliphatic rings. The van der Waals surface area contributed by atoms with Crippen LogP contribution in [0.2, 0.25) is 0 Å². The van der Waals surface area contributed by atoms with Gasteiger partial charge in [-0.2, -0.15) is 0 Å². The first-order valence-corrected chi connectivity index (χ1v) is 12.2. The van der Waals surface area contributed by atoms with Gasteiger partial charge in [0.25, 0.3) is 0 Å². The average Bonchev–Trinajstić information content (AvgIpc) is 3.29. The molecule has 0 radical (unpaired) electrons. The van der Waals surface area contributed by atoms with Crippen molar-refractivity contribution in [1.29, 1.82) is 0 Å². The molecule has 0 unspecified atom stereocenters. The van der Waals surface area contributed by atoms with Crippen molar-refractivity contribution in [2.75, 3.05) is 32.6 Å². The number of carbonyl (C=O) groups excluding carboxylic acids is 1. The lowest BCUT2D eigenvalue weighted by Gasteiger charge is -2.17. The number of nitrogens with zero attached hydrogens (tertiary/aromatic N) is 3. The monoisotopic (exact) mass is 506 g/mol. The Kier molecular flexibility index (Phi) is 8.30. The van der Waals surface area contributed by atoms with Crippen LogP contribution in [-0.2, 0) is 21.2 Å². The molecule has 0 aromatic heterocycles. The Bertz CT molecular complexity index is 1240. The summed E-state index contributed by atoms with van der Waals surface area (Å²) < 4.78 is 51.7. The predicted octanol–water partition coefficient (Wildman–Crippen LogP) is 2.24. The normalized spacial score (nSPS) is 13.8. The van der Waals surface area contributed by atoms with Gasteiger partial charge in [0.15, 0.2) is 9.84 Å². The van der Waals surface area contributed by atoms with Crippen LogP contribution in [0.5, 0.6) is 0 Å². The lowest BCUT2D eigenvalue weighted by molar-refractivity contribution is -0.125. The van der Waals surface area contributed by atoms with Gasteiger partial charge < -0.3 is 10.0 Å². The van der Waals surface area contributed by atoms with E-state index in [1.54, 1.807) is 31.3 Å². The number of sulfone groups is 1. The van der Waals surface area contributed by atoms with Crippen LogP contribution in [0.25, 0.3) is 0 Å². The number of carboxylic acid groups (broad SMARTS) is 1. The van der Waals surface area contributed by atoms with Crippen molar-refractivity contribution < 1.29 is 31.9 Å². The van der Waals surface area contributed by atoms with E-state index in [0.29, 0.717) is 24.5 Å². The van der Waals surface area contributed by atoms with Crippen LogP contribution in [0.4, 0.5) is 13.6 Å². The summed E-state index contributed by atoms with van der Waals surface area (Å²) in [5, 5.41) is 11.8. The summed E-state index contributed by atoms with van der Waals surface area (Å²) in [7, 11) is -2.64. The van der Waals surface area contributed by atoms with Crippen LogP contribution in [-0.4, -0.2) is 73.7 Å². The summed E-state index contributed by atoms with van der Waals surface area (Å²) in [6, 6.07) is 9.85. The Balaban J connectivity index is 1.49. The van der Waals surface area contributed by atoms with Gasteiger partial charge in [-0.15, -0.1) is 0 Å². The largest absolute Gasteiger partial charge is 0.465 e. The first-order valence-electron chi connectivity index (χ1n) is 10.5. The molecule has 0 atom stereocenters. The standard InChI is InChI=1S/C23H24F2N4O5S/c1-28(14-16-7-9-17(10-8-16)22-27-12-13-29(22)23(31)32)20(30)6-3-11-26-15-35(33,34)21-18(24)4-2-5-19(21)25/h2-10,26H,11-15H2,1H3,(H,31,32). The summed E-state index contributed by atoms with van der Waals surface area (Å²) in [6.45, 7) is 1.00. The molecule has 0 saturated heterocycles. The second kappa shape index (κ2) is 11.2. The zero-order chi connectivity index (χ0) is 25.6. The third kappa shape index (κ3) is 6.49. The third-order valence-electron chi connectivity index (χ3n) is 5.12. The van der Waals surface area contributed by atoms with E-state index >= 15 is 0 Å². The lowest BCUT2D eigenvalue weighted by Crippen LogP contribution is -2.33. The minimum Gasteiger partial charge on any atom is -0.465 e. The highest BCUT2D eigenvalue weighted by molar-refractivity contribution is 7.91. The molecule has 0 bridgehead atoms. The molecule has 0 fully saturated rings. The first kappa shape index (κ1) is 26.0. The maximum Gasteiger partial charge on any atom is 0.413 e. The highest BCUT2D eigenvalue weighted by Gasteiger charge is 2.24. The van der Waals surface area contributed by atoms with E-state index in [9.17, 15) is 31.9 Å². The van der Waals surface area contributed by atoms with Crippen molar-refractivity contribution in [3.8, 4) is 0 Å². The Labute approximate surface area is 201 Å². The van der Waals surface area contributed by atoms with E-state index in [4.69, 9.17) is 0 Å². The number of likely N-dealkylation sites (N-methyl/N-ethyl adjacent to an activating group) is 1. The Hall–Kier alpha value is -3.64. The predicted molar refractivity (Wildman–Crippen MR) is 125 cm³/mol. The average molecular weight is 507 g/mol. The number of benzene rings is 2. The van der Waals surface area contributed by atoms with Crippen molar-refractivity contribution >= 4 is 27.7 Å². The first-order chi connectivity index (χ1) is 16.6. The van der Waals surface area contributed by atoms with Gasteiger partial charge in [-0.1, -0.05) is 36.4 Å². The van der Waals surface area contributed by atoms with Crippen LogP contribution in [0.3, 0.4) is 0 Å². The zero-order valence-electron chi connectivity index (χ0n) is 18.8. The summed E-state index contributed by atoms with van der Waals surface area (Å²) in [6.07, 6.45) is 1.61. The highest BCUT2D eigenvalue weighted by Crippen LogP contribution is 2.19. The number of amides is 2. The summed E-state index contributed by atoms with van der Waals surface area (Å²) in [5.41, 5.74) is 1.48. The molecule has 186 valence electrons. The molecular formula is C23H24F2N4O5S. The van der Waals surface area contributed by atoms with E-state index in [2.05, 4.69) is 10.3 Å². The van der Waals surface area contributed by atoms with Crippen molar-refractivity contribution in [2.24, 2.45) is 4.99 Å². The Morgan fingerprint density at radius 2 is 1.83 bits per heavy atom. The maximum absolute atomic E-state index is 13.7. The van der Waals surface area contributed by atoms with Gasteiger partial charge in [-0.3, -0.25) is 20.0 Å². The quantitative estimate of drug-likeness (QED) is 0.398. The van der Waals surface area contributed by atoms with Crippen LogP contribution in [0.1, 0.15) is 11.1 Å². The summed E-state index contributed by atoms with van der Waals surface area (Å²) in [5.74, 6) is -2.97. The van der Waals surface area contributed by atoms with Gasteiger partial charge in [0.05, 0.1) is 13.1 Å². The van der Waals surface area contributed by atoms with Crippen LogP contribution < -0.4 is 5.32 Å². The molecule has 0 saturated carbocycles. The Morgan fingerprint density at radius 1 is 1.17 bits per heavy atom. The minimum absolute atomic E-state index is 0.00817. The van der Waals surface area contributed by atoms with Gasteiger partial charge in [0.1, 0.15) is 28.2 Å². The van der Waals surface area contributed by atoms with Crippen LogP contribution in [0.15, 0.2) is 64.5 Å². The number of carbonyl (C=O) groups is 2. The summed E-state index contributed by atoms with van der Waals surface area (Å²) in [4.78, 5) is 29.4. The van der Waals surface area contributed by atoms with Crippen molar-refractivity contribution in [3.05, 3.63) is 77.4 Å². The molecule has 2 amide bonds. The molecule has 0 spiro atoms. The number of nitrogens with one attached hydrogen (secondary N) is 1. The van der Waals surface area contributed by atoms with E-state index in [1.165, 1.54) is 22.0 Å². The SMILES string of the molecule is CN(Cc1ccc(C2=NCCN2C(=O)O)cc1)C(=O)C=CCNCS(=O)(=O)c1c(F)cccc1F. The van der Waals surface area contributed by atoms with Gasteiger partial charge >= 0.3 is 6.09 Å². The summed E-state index contributed by atoms with van der Waals surface area (Å²) >= 11 is 0. The van der Waals surface area contributed by atoms with Gasteiger partial charge in [0, 0.05) is 31.8 Å². The van der Waals surface area contributed by atoms with E-state index in [1.807, 2.05) is 0 Å². The second-order valence-electron chi connectivity index (χ2n) is 7.70. The third-order valence-corrected chi connectivity index (χ3v) is 6.72. The highest BCUT2D eigenvalue weighted by atomic mass is 32.2. The van der Waals surface area contributed by atoms with Crippen molar-refractivity contribution in [1.82, 2.24) is 15.1 Å². The van der Waals surface area contributed by atoms with E-state index < -0.39 is 38.3 Å². The molecule has 2 aromatic carbocycles. The maximum atomic E-state index is 13.7. The second-order valence-corrected chi connectivity index (χ2v) is 9.62. The molecule has 1 heterocycles. The van der Waals surface area contributed by atoms with E-state index in [-0.39, 0.29) is 19.0 Å². The molecular weight excluding hydrogens is 482 g/mol. The van der Waals surface area contributed by atoms with Gasteiger partial charge in [0.2, 0.25) is 5.91 Å². The fourth-order valence-corrected chi connectivity index (χ4v) is 4.67. The minimum atomic E-state index is -4.23. The number of rotatable bonds is 9. The lowest BCUT2D eigenvalue weighted by atomic mass is 10.1. The van der Waals surface area contributed by atoms with Gasteiger partial charge in [-0.05, 0) is 17.7 Å². The van der Waals surface area contributed by atoms with Crippen molar-refractivity contribution in [3.63, 3.8) is 0 Å². The number of aliphatic imine (C=N–C) groups is 1. The molecule has 0 aliphatic carbocycles. The smallest absolute Gasteiger partial charge is 0.413 e. The molecule has 1 aliphatic heterocycles. The number of halogens is 2. The zero-order valence-corrected chi connectivity index (χ0v) is 19.6. The molecule has 35 heavy (non-hydrogen) atoms. The number of hydrogen-bond acceptors (Lipinski definition) is 6. The number of amidine groups is 1. The van der Waals surface area contributed by atoms with Crippen molar-refractivity contribution in [2.45, 2.75) is 11.4 Å². The van der Waals surface area contributed by atoms with E-state index in [0.717, 1.165) is 23.8 Å². The number of hydrogen-bond donors (Lipinski definition) is 2. The fraction of sp³-hybridized carbons (Fsp3) is 0.261. The molecule has 9 nitrogen and oxygen atoms in total. The fourth-order valence-electron chi connectivity index (χ4n) is 3.41. The Morgan fingerprint density at radius 3 is 2.46 bits per heavy atom.